The van der Waals surface area contributed by atoms with Crippen LogP contribution in [0.5, 0.6) is 0 Å². The second kappa shape index (κ2) is 6.72. The summed E-state index contributed by atoms with van der Waals surface area (Å²) in [6, 6.07) is 11.8. The van der Waals surface area contributed by atoms with E-state index in [1.54, 1.807) is 18.2 Å². The van der Waals surface area contributed by atoms with Gasteiger partial charge in [0.05, 0.1) is 0 Å². The van der Waals surface area contributed by atoms with Crippen molar-refractivity contribution >= 4 is 40.1 Å². The van der Waals surface area contributed by atoms with Crippen LogP contribution in [0.3, 0.4) is 0 Å². The van der Waals surface area contributed by atoms with E-state index in [9.17, 15) is 14.0 Å². The molecule has 0 radical (unpaired) electrons. The van der Waals surface area contributed by atoms with E-state index < -0.39 is 24.3 Å². The van der Waals surface area contributed by atoms with Crippen molar-refractivity contribution in [1.82, 2.24) is 0 Å². The standard InChI is InChI=1S/C17H11ClFNO4/c18-11-4-5-14-10(6-11)7-15(24-14)17(22)23-9-16(21)20-13-3-1-2-12(19)8-13/h1-8H,9H2,(H,20,21). The molecule has 24 heavy (non-hydrogen) atoms. The van der Waals surface area contributed by atoms with Crippen LogP contribution in [0.15, 0.2) is 52.9 Å². The fourth-order valence-corrected chi connectivity index (χ4v) is 2.26. The Hall–Kier alpha value is -2.86. The molecule has 0 spiro atoms. The van der Waals surface area contributed by atoms with Crippen LogP contribution in [0, 0.1) is 5.82 Å². The van der Waals surface area contributed by atoms with Crippen LogP contribution < -0.4 is 5.32 Å². The highest BCUT2D eigenvalue weighted by atomic mass is 35.5. The number of carbonyl (C=O) groups is 2. The first kappa shape index (κ1) is 16.0. The summed E-state index contributed by atoms with van der Waals surface area (Å²) >= 11 is 5.86. The molecule has 1 heterocycles. The summed E-state index contributed by atoms with van der Waals surface area (Å²) in [4.78, 5) is 23.6. The number of rotatable bonds is 4. The molecular formula is C17H11ClFNO4. The van der Waals surface area contributed by atoms with Gasteiger partial charge in [0.15, 0.2) is 6.61 Å². The first-order valence-corrected chi connectivity index (χ1v) is 7.31. The Morgan fingerprint density at radius 1 is 1.17 bits per heavy atom. The predicted molar refractivity (Wildman–Crippen MR) is 86.5 cm³/mol. The molecule has 1 N–H and O–H groups in total. The molecular weight excluding hydrogens is 337 g/mol. The average Bonchev–Trinajstić information content (AvgIpc) is 2.95. The lowest BCUT2D eigenvalue weighted by atomic mass is 10.2. The number of esters is 1. The Kier molecular flexibility index (Phi) is 4.48. The Balaban J connectivity index is 1.60. The van der Waals surface area contributed by atoms with Gasteiger partial charge in [-0.05, 0) is 42.5 Å². The van der Waals surface area contributed by atoms with Gasteiger partial charge in [0, 0.05) is 16.1 Å². The minimum absolute atomic E-state index is 0.0363. The molecule has 5 nitrogen and oxygen atoms in total. The van der Waals surface area contributed by atoms with Crippen molar-refractivity contribution in [1.29, 1.82) is 0 Å². The van der Waals surface area contributed by atoms with E-state index in [0.29, 0.717) is 16.0 Å². The first-order chi connectivity index (χ1) is 11.5. The molecule has 7 heteroatoms. The molecule has 0 saturated heterocycles. The SMILES string of the molecule is O=C(COC(=O)c1cc2cc(Cl)ccc2o1)Nc1cccc(F)c1. The molecule has 1 amide bonds. The zero-order chi connectivity index (χ0) is 17.1. The van der Waals surface area contributed by atoms with Crippen molar-refractivity contribution in [2.75, 3.05) is 11.9 Å². The van der Waals surface area contributed by atoms with Crippen molar-refractivity contribution < 1.29 is 23.1 Å². The number of halogens is 2. The third-order valence-electron chi connectivity index (χ3n) is 3.12. The van der Waals surface area contributed by atoms with Crippen LogP contribution in [-0.4, -0.2) is 18.5 Å². The van der Waals surface area contributed by atoms with Gasteiger partial charge >= 0.3 is 5.97 Å². The number of amides is 1. The van der Waals surface area contributed by atoms with Crippen molar-refractivity contribution in [2.24, 2.45) is 0 Å². The zero-order valence-corrected chi connectivity index (χ0v) is 13.0. The van der Waals surface area contributed by atoms with Crippen LogP contribution in [0.4, 0.5) is 10.1 Å². The number of benzene rings is 2. The Morgan fingerprint density at radius 3 is 2.79 bits per heavy atom. The van der Waals surface area contributed by atoms with Gasteiger partial charge in [-0.2, -0.15) is 0 Å². The lowest BCUT2D eigenvalue weighted by Gasteiger charge is -2.05. The number of carbonyl (C=O) groups excluding carboxylic acids is 2. The minimum atomic E-state index is -0.781. The number of hydrogen-bond acceptors (Lipinski definition) is 4. The first-order valence-electron chi connectivity index (χ1n) is 6.93. The maximum atomic E-state index is 13.0. The maximum Gasteiger partial charge on any atom is 0.374 e. The van der Waals surface area contributed by atoms with Gasteiger partial charge < -0.3 is 14.5 Å². The monoisotopic (exact) mass is 347 g/mol. The van der Waals surface area contributed by atoms with Crippen LogP contribution in [0.1, 0.15) is 10.6 Å². The van der Waals surface area contributed by atoms with Gasteiger partial charge in [0.25, 0.3) is 5.91 Å². The highest BCUT2D eigenvalue weighted by Crippen LogP contribution is 2.23. The second-order valence-electron chi connectivity index (χ2n) is 4.93. The fraction of sp³-hybridized carbons (Fsp3) is 0.0588. The van der Waals surface area contributed by atoms with E-state index in [1.165, 1.54) is 24.3 Å². The number of ether oxygens (including phenoxy) is 1. The highest BCUT2D eigenvalue weighted by molar-refractivity contribution is 6.31. The summed E-state index contributed by atoms with van der Waals surface area (Å²) in [5, 5.41) is 3.58. The molecule has 122 valence electrons. The average molecular weight is 348 g/mol. The van der Waals surface area contributed by atoms with Gasteiger partial charge in [-0.25, -0.2) is 9.18 Å². The Labute approximate surface area is 141 Å². The third-order valence-corrected chi connectivity index (χ3v) is 3.36. The number of anilines is 1. The fourth-order valence-electron chi connectivity index (χ4n) is 2.08. The predicted octanol–water partition coefficient (Wildman–Crippen LogP) is 4.02. The molecule has 0 saturated carbocycles. The molecule has 0 bridgehead atoms. The van der Waals surface area contributed by atoms with E-state index in [-0.39, 0.29) is 11.4 Å². The van der Waals surface area contributed by atoms with Crippen molar-refractivity contribution in [3.05, 3.63) is 65.1 Å². The zero-order valence-electron chi connectivity index (χ0n) is 12.2. The molecule has 0 aliphatic heterocycles. The summed E-state index contributed by atoms with van der Waals surface area (Å²) in [7, 11) is 0. The van der Waals surface area contributed by atoms with Crippen LogP contribution in [0.25, 0.3) is 11.0 Å². The molecule has 3 aromatic rings. The summed E-state index contributed by atoms with van der Waals surface area (Å²) in [6.07, 6.45) is 0. The largest absolute Gasteiger partial charge is 0.450 e. The number of fused-ring (bicyclic) bond motifs is 1. The van der Waals surface area contributed by atoms with Crippen LogP contribution in [0.2, 0.25) is 5.02 Å². The van der Waals surface area contributed by atoms with Crippen molar-refractivity contribution in [2.45, 2.75) is 0 Å². The molecule has 0 unspecified atom stereocenters. The molecule has 1 aromatic heterocycles. The quantitative estimate of drug-likeness (QED) is 0.724. The third kappa shape index (κ3) is 3.72. The summed E-state index contributed by atoms with van der Waals surface area (Å²) in [5.74, 6) is -1.89. The summed E-state index contributed by atoms with van der Waals surface area (Å²) in [6.45, 7) is -0.521. The topological polar surface area (TPSA) is 68.5 Å². The molecule has 0 fully saturated rings. The smallest absolute Gasteiger partial charge is 0.374 e. The highest BCUT2D eigenvalue weighted by Gasteiger charge is 2.15. The van der Waals surface area contributed by atoms with E-state index in [0.717, 1.165) is 6.07 Å². The van der Waals surface area contributed by atoms with Gasteiger partial charge in [0.2, 0.25) is 5.76 Å². The number of hydrogen-bond donors (Lipinski definition) is 1. The van der Waals surface area contributed by atoms with Gasteiger partial charge in [-0.15, -0.1) is 0 Å². The Bertz CT molecular complexity index is 922. The molecule has 0 aliphatic carbocycles. The van der Waals surface area contributed by atoms with E-state index in [1.807, 2.05) is 0 Å². The normalized spacial score (nSPS) is 10.6. The Morgan fingerprint density at radius 2 is 2.00 bits per heavy atom. The summed E-state index contributed by atoms with van der Waals surface area (Å²) < 4.78 is 23.2. The van der Waals surface area contributed by atoms with E-state index >= 15 is 0 Å². The van der Waals surface area contributed by atoms with Crippen molar-refractivity contribution in [3.63, 3.8) is 0 Å². The number of nitrogens with one attached hydrogen (secondary N) is 1. The van der Waals surface area contributed by atoms with E-state index in [2.05, 4.69) is 5.32 Å². The van der Waals surface area contributed by atoms with Gasteiger partial charge in [-0.1, -0.05) is 17.7 Å². The van der Waals surface area contributed by atoms with Gasteiger partial charge in [-0.3, -0.25) is 4.79 Å². The summed E-state index contributed by atoms with van der Waals surface area (Å²) in [5.41, 5.74) is 0.755. The van der Waals surface area contributed by atoms with E-state index in [4.69, 9.17) is 20.8 Å². The lowest BCUT2D eigenvalue weighted by Crippen LogP contribution is -2.20. The van der Waals surface area contributed by atoms with Gasteiger partial charge in [0.1, 0.15) is 11.4 Å². The second-order valence-corrected chi connectivity index (χ2v) is 5.36. The van der Waals surface area contributed by atoms with Crippen molar-refractivity contribution in [3.8, 4) is 0 Å². The molecule has 0 atom stereocenters. The van der Waals surface area contributed by atoms with Crippen LogP contribution >= 0.6 is 11.6 Å². The minimum Gasteiger partial charge on any atom is -0.450 e. The maximum absolute atomic E-state index is 13.0. The lowest BCUT2D eigenvalue weighted by molar-refractivity contribution is -0.119. The molecule has 2 aromatic carbocycles. The number of furan rings is 1. The van der Waals surface area contributed by atoms with Crippen LogP contribution in [-0.2, 0) is 9.53 Å². The molecule has 0 aliphatic rings. The molecule has 3 rings (SSSR count).